The maximum atomic E-state index is 11.1. The van der Waals surface area contributed by atoms with Gasteiger partial charge in [0.2, 0.25) is 5.91 Å². The highest BCUT2D eigenvalue weighted by Gasteiger charge is 2.20. The van der Waals surface area contributed by atoms with Crippen LogP contribution in [0.3, 0.4) is 0 Å². The summed E-state index contributed by atoms with van der Waals surface area (Å²) in [5.41, 5.74) is 1.10. The van der Waals surface area contributed by atoms with Crippen molar-refractivity contribution in [2.24, 2.45) is 0 Å². The quantitative estimate of drug-likeness (QED) is 0.894. The van der Waals surface area contributed by atoms with Crippen LogP contribution in [-0.2, 0) is 11.3 Å². The van der Waals surface area contributed by atoms with E-state index in [1.807, 2.05) is 0 Å². The van der Waals surface area contributed by atoms with Gasteiger partial charge >= 0.3 is 5.97 Å². The van der Waals surface area contributed by atoms with E-state index in [9.17, 15) is 9.59 Å². The molecule has 1 aliphatic rings. The summed E-state index contributed by atoms with van der Waals surface area (Å²) < 4.78 is 0. The van der Waals surface area contributed by atoms with Crippen molar-refractivity contribution in [3.05, 3.63) is 34.3 Å². The van der Waals surface area contributed by atoms with Crippen LogP contribution >= 0.6 is 11.6 Å². The number of hydrogen-bond acceptors (Lipinski definition) is 3. The second-order valence-electron chi connectivity index (χ2n) is 5.39. The minimum Gasteiger partial charge on any atom is -0.478 e. The largest absolute Gasteiger partial charge is 0.478 e. The molecule has 2 N–H and O–H groups in total. The van der Waals surface area contributed by atoms with E-state index < -0.39 is 5.97 Å². The van der Waals surface area contributed by atoms with Gasteiger partial charge in [-0.3, -0.25) is 9.69 Å². The first kappa shape index (κ1) is 15.8. The van der Waals surface area contributed by atoms with Crippen LogP contribution in [0.1, 0.15) is 35.7 Å². The Morgan fingerprint density at radius 2 is 2.24 bits per heavy atom. The van der Waals surface area contributed by atoms with Gasteiger partial charge in [-0.25, -0.2) is 4.79 Å². The smallest absolute Gasteiger partial charge is 0.337 e. The van der Waals surface area contributed by atoms with Crippen LogP contribution in [0.4, 0.5) is 0 Å². The first-order valence-corrected chi connectivity index (χ1v) is 7.34. The highest BCUT2D eigenvalue weighted by molar-refractivity contribution is 6.33. The number of likely N-dealkylation sites (tertiary alicyclic amines) is 1. The molecule has 0 bridgehead atoms. The summed E-state index contributed by atoms with van der Waals surface area (Å²) >= 11 is 5.98. The molecular formula is C15H19ClN2O3. The van der Waals surface area contributed by atoms with E-state index in [0.717, 1.165) is 31.5 Å². The van der Waals surface area contributed by atoms with E-state index in [4.69, 9.17) is 16.7 Å². The molecule has 21 heavy (non-hydrogen) atoms. The molecule has 1 unspecified atom stereocenters. The molecule has 0 radical (unpaired) electrons. The van der Waals surface area contributed by atoms with Gasteiger partial charge in [-0.15, -0.1) is 0 Å². The van der Waals surface area contributed by atoms with Gasteiger partial charge in [-0.1, -0.05) is 17.7 Å². The maximum absolute atomic E-state index is 11.1. The molecule has 1 amide bonds. The number of amides is 1. The predicted octanol–water partition coefficient (Wildman–Crippen LogP) is 2.14. The van der Waals surface area contributed by atoms with Crippen molar-refractivity contribution in [1.82, 2.24) is 10.2 Å². The molecule has 2 rings (SSSR count). The third-order valence-electron chi connectivity index (χ3n) is 3.58. The van der Waals surface area contributed by atoms with Gasteiger partial charge in [-0.2, -0.15) is 0 Å². The summed E-state index contributed by atoms with van der Waals surface area (Å²) in [6, 6.07) is 5.21. The molecule has 0 spiro atoms. The molecule has 1 heterocycles. The Balaban J connectivity index is 1.99. The molecule has 1 aliphatic heterocycles. The molecule has 0 aliphatic carbocycles. The van der Waals surface area contributed by atoms with Crippen molar-refractivity contribution in [2.75, 3.05) is 13.1 Å². The number of benzene rings is 1. The van der Waals surface area contributed by atoms with Gasteiger partial charge in [-0.05, 0) is 37.1 Å². The number of carboxylic acids is 1. The summed E-state index contributed by atoms with van der Waals surface area (Å²) in [5.74, 6) is -1.02. The lowest BCUT2D eigenvalue weighted by atomic mass is 10.0. The Labute approximate surface area is 128 Å². The Bertz CT molecular complexity index is 548. The van der Waals surface area contributed by atoms with Crippen LogP contribution in [0.5, 0.6) is 0 Å². The number of nitrogens with one attached hydrogen (secondary N) is 1. The van der Waals surface area contributed by atoms with Gasteiger partial charge in [0.25, 0.3) is 0 Å². The Kier molecular flexibility index (Phi) is 5.20. The van der Waals surface area contributed by atoms with E-state index in [1.54, 1.807) is 12.1 Å². The summed E-state index contributed by atoms with van der Waals surface area (Å²) in [5, 5.41) is 12.2. The zero-order valence-electron chi connectivity index (χ0n) is 11.9. The zero-order valence-corrected chi connectivity index (χ0v) is 12.7. The third-order valence-corrected chi connectivity index (χ3v) is 3.90. The Morgan fingerprint density at radius 3 is 2.86 bits per heavy atom. The van der Waals surface area contributed by atoms with Crippen LogP contribution < -0.4 is 5.32 Å². The van der Waals surface area contributed by atoms with Crippen LogP contribution in [-0.4, -0.2) is 41.0 Å². The first-order valence-electron chi connectivity index (χ1n) is 6.97. The van der Waals surface area contributed by atoms with Crippen molar-refractivity contribution < 1.29 is 14.7 Å². The van der Waals surface area contributed by atoms with E-state index in [0.29, 0.717) is 6.54 Å². The number of hydrogen-bond donors (Lipinski definition) is 2. The summed E-state index contributed by atoms with van der Waals surface area (Å²) in [6.07, 6.45) is 2.03. The molecule has 1 aromatic carbocycles. The second kappa shape index (κ2) is 6.91. The van der Waals surface area contributed by atoms with E-state index in [1.165, 1.54) is 13.0 Å². The second-order valence-corrected chi connectivity index (χ2v) is 5.80. The van der Waals surface area contributed by atoms with Crippen molar-refractivity contribution in [3.63, 3.8) is 0 Å². The number of carbonyl (C=O) groups excluding carboxylic acids is 1. The van der Waals surface area contributed by atoms with E-state index in [-0.39, 0.29) is 22.5 Å². The number of rotatable bonds is 4. The van der Waals surface area contributed by atoms with Crippen molar-refractivity contribution in [3.8, 4) is 0 Å². The van der Waals surface area contributed by atoms with Gasteiger partial charge in [0.15, 0.2) is 0 Å². The highest BCUT2D eigenvalue weighted by atomic mass is 35.5. The van der Waals surface area contributed by atoms with Gasteiger partial charge in [0.05, 0.1) is 10.6 Å². The topological polar surface area (TPSA) is 69.6 Å². The number of halogens is 1. The Hall–Kier alpha value is -1.59. The molecule has 5 nitrogen and oxygen atoms in total. The lowest BCUT2D eigenvalue weighted by molar-refractivity contribution is -0.120. The fraction of sp³-hybridized carbons (Fsp3) is 0.467. The molecule has 1 aromatic rings. The van der Waals surface area contributed by atoms with Crippen LogP contribution in [0, 0.1) is 0 Å². The van der Waals surface area contributed by atoms with Crippen molar-refractivity contribution in [2.45, 2.75) is 32.4 Å². The minimum atomic E-state index is -1.02. The van der Waals surface area contributed by atoms with Crippen LogP contribution in [0.2, 0.25) is 5.02 Å². The molecule has 0 aromatic heterocycles. The average molecular weight is 311 g/mol. The van der Waals surface area contributed by atoms with Crippen LogP contribution in [0.25, 0.3) is 0 Å². The SMILES string of the molecule is CC(=O)NC1CCCN(Cc2ccc(C(=O)O)c(Cl)c2)C1. The monoisotopic (exact) mass is 310 g/mol. The van der Waals surface area contributed by atoms with Crippen molar-refractivity contribution in [1.29, 1.82) is 0 Å². The maximum Gasteiger partial charge on any atom is 0.337 e. The van der Waals surface area contributed by atoms with E-state index in [2.05, 4.69) is 10.2 Å². The normalized spacial score (nSPS) is 19.2. The highest BCUT2D eigenvalue weighted by Crippen LogP contribution is 2.20. The molecule has 0 saturated carbocycles. The molecule has 1 fully saturated rings. The third kappa shape index (κ3) is 4.44. The van der Waals surface area contributed by atoms with Crippen molar-refractivity contribution >= 4 is 23.5 Å². The predicted molar refractivity (Wildman–Crippen MR) is 80.5 cm³/mol. The molecule has 114 valence electrons. The van der Waals surface area contributed by atoms with E-state index >= 15 is 0 Å². The molecule has 1 saturated heterocycles. The first-order chi connectivity index (χ1) is 9.95. The number of aromatic carboxylic acids is 1. The molecular weight excluding hydrogens is 292 g/mol. The number of carboxylic acid groups (broad SMARTS) is 1. The summed E-state index contributed by atoms with van der Waals surface area (Å²) in [7, 11) is 0. The van der Waals surface area contributed by atoms with Gasteiger partial charge < -0.3 is 10.4 Å². The lowest BCUT2D eigenvalue weighted by Crippen LogP contribution is -2.46. The lowest BCUT2D eigenvalue weighted by Gasteiger charge is -2.33. The van der Waals surface area contributed by atoms with Gasteiger partial charge in [0, 0.05) is 26.1 Å². The summed E-state index contributed by atoms with van der Waals surface area (Å²) in [6.45, 7) is 4.01. The fourth-order valence-electron chi connectivity index (χ4n) is 2.69. The molecule has 6 heteroatoms. The standard InChI is InChI=1S/C15H19ClN2O3/c1-10(19)17-12-3-2-6-18(9-12)8-11-4-5-13(15(20)21)14(16)7-11/h4-5,7,12H,2-3,6,8-9H2,1H3,(H,17,19)(H,20,21). The average Bonchev–Trinajstić information content (AvgIpc) is 2.37. The molecule has 1 atom stereocenters. The summed E-state index contributed by atoms with van der Waals surface area (Å²) in [4.78, 5) is 24.3. The van der Waals surface area contributed by atoms with Crippen LogP contribution in [0.15, 0.2) is 18.2 Å². The number of carbonyl (C=O) groups is 2. The number of nitrogens with zero attached hydrogens (tertiary/aromatic N) is 1. The zero-order chi connectivity index (χ0) is 15.4. The fourth-order valence-corrected chi connectivity index (χ4v) is 2.98. The van der Waals surface area contributed by atoms with Gasteiger partial charge in [0.1, 0.15) is 0 Å². The Morgan fingerprint density at radius 1 is 1.48 bits per heavy atom. The minimum absolute atomic E-state index is 0.00398. The number of piperidine rings is 1.